The predicted octanol–water partition coefficient (Wildman–Crippen LogP) is 2.70. The SMILES string of the molecule is Bc1ccc(CC2COc3cc(-c4ccccc4NS(=O)(=O)C(F)(F)F)ccc3C2=O)nc1. The number of nitrogens with zero attached hydrogens (tertiary/aromatic N) is 1. The molecule has 0 saturated carbocycles. The molecular weight excluding hydrogens is 456 g/mol. The first kappa shape index (κ1) is 22.8. The van der Waals surface area contributed by atoms with Gasteiger partial charge in [-0.15, -0.1) is 0 Å². The first-order valence-corrected chi connectivity index (χ1v) is 11.4. The summed E-state index contributed by atoms with van der Waals surface area (Å²) in [6.45, 7) is 0.132. The van der Waals surface area contributed by atoms with Crippen molar-refractivity contribution >= 4 is 34.8 Å². The van der Waals surface area contributed by atoms with Gasteiger partial charge in [0.1, 0.15) is 13.6 Å². The van der Waals surface area contributed by atoms with E-state index in [-0.39, 0.29) is 23.6 Å². The fraction of sp³-hybridized carbons (Fsp3) is 0.182. The van der Waals surface area contributed by atoms with Gasteiger partial charge in [-0.25, -0.2) is 0 Å². The highest BCUT2D eigenvalue weighted by Crippen LogP contribution is 2.37. The summed E-state index contributed by atoms with van der Waals surface area (Å²) in [5.41, 5.74) is -2.92. The first-order chi connectivity index (χ1) is 15.5. The molecule has 170 valence electrons. The fourth-order valence-electron chi connectivity index (χ4n) is 3.55. The minimum Gasteiger partial charge on any atom is -0.492 e. The Balaban J connectivity index is 1.61. The minimum absolute atomic E-state index is 0.115. The van der Waals surface area contributed by atoms with Crippen molar-refractivity contribution in [3.05, 3.63) is 72.1 Å². The highest BCUT2D eigenvalue weighted by molar-refractivity contribution is 7.93. The molecule has 3 aromatic rings. The van der Waals surface area contributed by atoms with Crippen molar-refractivity contribution in [2.45, 2.75) is 11.9 Å². The molecule has 0 amide bonds. The van der Waals surface area contributed by atoms with E-state index < -0.39 is 21.4 Å². The molecule has 1 aromatic heterocycles. The van der Waals surface area contributed by atoms with Crippen LogP contribution < -0.4 is 14.9 Å². The number of hydrogen-bond acceptors (Lipinski definition) is 5. The fourth-order valence-corrected chi connectivity index (χ4v) is 4.13. The Morgan fingerprint density at radius 1 is 1.09 bits per heavy atom. The quantitative estimate of drug-likeness (QED) is 0.575. The van der Waals surface area contributed by atoms with E-state index in [4.69, 9.17) is 4.74 Å². The van der Waals surface area contributed by atoms with E-state index in [9.17, 15) is 26.4 Å². The number of para-hydroxylation sites is 1. The van der Waals surface area contributed by atoms with E-state index in [2.05, 4.69) is 4.98 Å². The molecule has 1 unspecified atom stereocenters. The normalized spacial score (nSPS) is 16.1. The average Bonchev–Trinajstić information content (AvgIpc) is 2.76. The van der Waals surface area contributed by atoms with Gasteiger partial charge in [-0.3, -0.25) is 14.5 Å². The molecule has 0 fully saturated rings. The number of ketones is 1. The van der Waals surface area contributed by atoms with Crippen LogP contribution in [0.4, 0.5) is 18.9 Å². The van der Waals surface area contributed by atoms with Crippen molar-refractivity contribution < 1.29 is 31.1 Å². The summed E-state index contributed by atoms with van der Waals surface area (Å²) in [4.78, 5) is 17.3. The van der Waals surface area contributed by atoms with E-state index in [0.717, 1.165) is 11.2 Å². The Labute approximate surface area is 189 Å². The van der Waals surface area contributed by atoms with E-state index in [0.29, 0.717) is 23.3 Å². The molecule has 33 heavy (non-hydrogen) atoms. The van der Waals surface area contributed by atoms with Crippen LogP contribution in [0.25, 0.3) is 11.1 Å². The van der Waals surface area contributed by atoms with Gasteiger partial charge in [0, 0.05) is 23.9 Å². The summed E-state index contributed by atoms with van der Waals surface area (Å²) >= 11 is 0. The van der Waals surface area contributed by atoms with Crippen molar-refractivity contribution in [2.24, 2.45) is 5.92 Å². The summed E-state index contributed by atoms with van der Waals surface area (Å²) in [5.74, 6) is -0.236. The first-order valence-electron chi connectivity index (χ1n) is 9.96. The van der Waals surface area contributed by atoms with Crippen molar-refractivity contribution in [1.29, 1.82) is 0 Å². The lowest BCUT2D eigenvalue weighted by Gasteiger charge is -2.25. The number of Topliss-reactive ketones (excluding diaryl/α,β-unsaturated/α-hetero) is 1. The summed E-state index contributed by atoms with van der Waals surface area (Å²) in [5, 5.41) is 0. The highest BCUT2D eigenvalue weighted by Gasteiger charge is 2.46. The largest absolute Gasteiger partial charge is 0.516 e. The number of aromatic nitrogens is 1. The summed E-state index contributed by atoms with van der Waals surface area (Å²) in [6, 6.07) is 14.1. The number of ether oxygens (including phenoxy) is 1. The number of pyridine rings is 1. The van der Waals surface area contributed by atoms with E-state index in [1.807, 2.05) is 20.0 Å². The number of anilines is 1. The van der Waals surface area contributed by atoms with E-state index >= 15 is 0 Å². The van der Waals surface area contributed by atoms with Gasteiger partial charge in [0.15, 0.2) is 5.78 Å². The zero-order valence-electron chi connectivity index (χ0n) is 17.4. The van der Waals surface area contributed by atoms with Crippen molar-refractivity contribution in [3.63, 3.8) is 0 Å². The topological polar surface area (TPSA) is 85.4 Å². The van der Waals surface area contributed by atoms with Crippen LogP contribution >= 0.6 is 0 Å². The lowest BCUT2D eigenvalue weighted by Crippen LogP contribution is -2.30. The number of nitrogens with one attached hydrogen (secondary N) is 1. The second kappa shape index (κ2) is 8.55. The molecule has 0 bridgehead atoms. The number of carbonyl (C=O) groups excluding carboxylic acids is 1. The third kappa shape index (κ3) is 4.73. The highest BCUT2D eigenvalue weighted by atomic mass is 32.2. The van der Waals surface area contributed by atoms with Gasteiger partial charge in [-0.1, -0.05) is 35.8 Å². The Kier molecular flexibility index (Phi) is 5.92. The standard InChI is InChI=1S/C22H18BF3N2O4S/c23-15-6-7-16(27-11-15)9-14-12-32-20-10-13(5-8-18(20)21(14)29)17-3-1-2-4-19(17)28-33(30,31)22(24,25)26/h1-8,10-11,14,28H,9,12,23H2. The zero-order valence-corrected chi connectivity index (χ0v) is 18.2. The molecule has 6 nitrogen and oxygen atoms in total. The molecule has 1 atom stereocenters. The van der Waals surface area contributed by atoms with Gasteiger partial charge in [0.05, 0.1) is 23.8 Å². The molecule has 0 spiro atoms. The van der Waals surface area contributed by atoms with Gasteiger partial charge in [0.25, 0.3) is 0 Å². The molecule has 2 heterocycles. The lowest BCUT2D eigenvalue weighted by molar-refractivity contribution is -0.0429. The Morgan fingerprint density at radius 2 is 1.85 bits per heavy atom. The molecule has 2 aromatic carbocycles. The van der Waals surface area contributed by atoms with Gasteiger partial charge in [-0.2, -0.15) is 21.6 Å². The van der Waals surface area contributed by atoms with E-state index in [1.165, 1.54) is 30.3 Å². The smallest absolute Gasteiger partial charge is 0.492 e. The zero-order chi connectivity index (χ0) is 23.8. The Bertz CT molecular complexity index is 1310. The number of alkyl halides is 3. The van der Waals surface area contributed by atoms with E-state index in [1.54, 1.807) is 23.1 Å². The number of carbonyl (C=O) groups is 1. The number of fused-ring (bicyclic) bond motifs is 1. The summed E-state index contributed by atoms with van der Waals surface area (Å²) < 4.78 is 69.0. The predicted molar refractivity (Wildman–Crippen MR) is 120 cm³/mol. The molecule has 0 radical (unpaired) electrons. The molecule has 0 saturated heterocycles. The Hall–Kier alpha value is -3.34. The average molecular weight is 474 g/mol. The second-order valence-electron chi connectivity index (χ2n) is 7.71. The molecule has 4 rings (SSSR count). The van der Waals surface area contributed by atoms with Gasteiger partial charge >= 0.3 is 15.5 Å². The maximum Gasteiger partial charge on any atom is 0.516 e. The lowest BCUT2D eigenvalue weighted by atomic mass is 9.89. The van der Waals surface area contributed by atoms with Crippen molar-refractivity contribution in [2.75, 3.05) is 11.3 Å². The van der Waals surface area contributed by atoms with Gasteiger partial charge in [0.2, 0.25) is 0 Å². The third-order valence-electron chi connectivity index (χ3n) is 5.27. The number of rotatable bonds is 5. The minimum atomic E-state index is -5.59. The van der Waals surface area contributed by atoms with Crippen LogP contribution in [0, 0.1) is 5.92 Å². The van der Waals surface area contributed by atoms with Crippen LogP contribution in [0.15, 0.2) is 60.8 Å². The van der Waals surface area contributed by atoms with Gasteiger partial charge < -0.3 is 4.74 Å². The molecule has 1 aliphatic heterocycles. The number of sulfonamides is 1. The van der Waals surface area contributed by atoms with Crippen LogP contribution in [0.2, 0.25) is 0 Å². The number of hydrogen-bond donors (Lipinski definition) is 1. The molecule has 1 aliphatic rings. The summed E-state index contributed by atoms with van der Waals surface area (Å²) in [7, 11) is -3.67. The van der Waals surface area contributed by atoms with Crippen LogP contribution in [0.1, 0.15) is 16.1 Å². The van der Waals surface area contributed by atoms with Gasteiger partial charge in [-0.05, 0) is 29.8 Å². The number of halogens is 3. The molecular formula is C22H18BF3N2O4S. The van der Waals surface area contributed by atoms with Crippen molar-refractivity contribution in [3.8, 4) is 16.9 Å². The maximum atomic E-state index is 13.0. The Morgan fingerprint density at radius 3 is 2.55 bits per heavy atom. The number of benzene rings is 2. The monoisotopic (exact) mass is 474 g/mol. The van der Waals surface area contributed by atoms with Crippen molar-refractivity contribution in [1.82, 2.24) is 4.98 Å². The third-order valence-corrected chi connectivity index (χ3v) is 6.37. The second-order valence-corrected chi connectivity index (χ2v) is 9.38. The van der Waals surface area contributed by atoms with Crippen LogP contribution in [-0.4, -0.2) is 39.1 Å². The molecule has 0 aliphatic carbocycles. The molecule has 1 N–H and O–H groups in total. The summed E-state index contributed by atoms with van der Waals surface area (Å²) in [6.07, 6.45) is 2.15. The van der Waals surface area contributed by atoms with Crippen LogP contribution in [-0.2, 0) is 16.4 Å². The molecule has 11 heteroatoms. The maximum absolute atomic E-state index is 13.0. The van der Waals surface area contributed by atoms with Crippen LogP contribution in [0.5, 0.6) is 5.75 Å². The van der Waals surface area contributed by atoms with Crippen LogP contribution in [0.3, 0.4) is 0 Å².